The van der Waals surface area contributed by atoms with E-state index >= 15 is 0 Å². The molecule has 0 radical (unpaired) electrons. The molecule has 0 spiro atoms. The van der Waals surface area contributed by atoms with E-state index in [-0.39, 0.29) is 0 Å². The number of anilines is 1. The van der Waals surface area contributed by atoms with Gasteiger partial charge in [0.1, 0.15) is 5.75 Å². The van der Waals surface area contributed by atoms with Crippen molar-refractivity contribution in [2.75, 3.05) is 5.43 Å². The lowest BCUT2D eigenvalue weighted by Crippen LogP contribution is -2.21. The minimum absolute atomic E-state index is 0.540. The van der Waals surface area contributed by atoms with E-state index in [1.54, 1.807) is 0 Å². The summed E-state index contributed by atoms with van der Waals surface area (Å²) in [6.07, 6.45) is 0. The van der Waals surface area contributed by atoms with E-state index < -0.39 is 0 Å². The third kappa shape index (κ3) is 4.29. The van der Waals surface area contributed by atoms with Gasteiger partial charge in [-0.05, 0) is 36.4 Å². The first kappa shape index (κ1) is 16.8. The second-order valence-corrected chi connectivity index (χ2v) is 6.36. The van der Waals surface area contributed by atoms with Crippen LogP contribution in [0.25, 0.3) is 0 Å². The smallest absolute Gasteiger partial charge is 0.151 e. The van der Waals surface area contributed by atoms with Gasteiger partial charge in [-0.15, -0.1) is 0 Å². The van der Waals surface area contributed by atoms with Gasteiger partial charge in [-0.25, -0.2) is 5.43 Å². The number of hydrogen-bond donors (Lipinski definition) is 2. The van der Waals surface area contributed by atoms with Crippen LogP contribution < -0.4 is 15.6 Å². The van der Waals surface area contributed by atoms with Crippen molar-refractivity contribution >= 4 is 33.2 Å². The average molecular weight is 404 g/mol. The lowest BCUT2D eigenvalue weighted by molar-refractivity contribution is 0.474. The lowest BCUT2D eigenvalue weighted by Gasteiger charge is -2.16. The van der Waals surface area contributed by atoms with Gasteiger partial charge in [0.15, 0.2) is 5.75 Å². The molecule has 3 rings (SSSR count). The van der Waals surface area contributed by atoms with Crippen LogP contribution in [0.2, 0.25) is 5.02 Å². The zero-order chi connectivity index (χ0) is 16.8. The molecule has 0 saturated heterocycles. The SMILES string of the molecule is Clc1ccc(Br)c(CNNc2ccccc2)c1Oc1ccccc1. The summed E-state index contributed by atoms with van der Waals surface area (Å²) in [6.45, 7) is 0.540. The molecule has 0 saturated carbocycles. The largest absolute Gasteiger partial charge is 0.455 e. The monoisotopic (exact) mass is 402 g/mol. The number of rotatable bonds is 6. The number of hydrazine groups is 1. The Kier molecular flexibility index (Phi) is 5.75. The Balaban J connectivity index is 1.77. The number of nitrogens with one attached hydrogen (secondary N) is 2. The van der Waals surface area contributed by atoms with Crippen LogP contribution in [-0.4, -0.2) is 0 Å². The summed E-state index contributed by atoms with van der Waals surface area (Å²) in [4.78, 5) is 0. The normalized spacial score (nSPS) is 10.4. The molecule has 0 fully saturated rings. The summed E-state index contributed by atoms with van der Waals surface area (Å²) in [5.41, 5.74) is 8.28. The van der Waals surface area contributed by atoms with Crippen molar-refractivity contribution < 1.29 is 4.74 Å². The first-order valence-corrected chi connectivity index (χ1v) is 8.65. The molecule has 0 unspecified atom stereocenters. The van der Waals surface area contributed by atoms with Gasteiger partial charge < -0.3 is 10.2 Å². The van der Waals surface area contributed by atoms with E-state index in [9.17, 15) is 0 Å². The van der Waals surface area contributed by atoms with Gasteiger partial charge in [0.05, 0.1) is 5.02 Å². The summed E-state index contributed by atoms with van der Waals surface area (Å²) in [6, 6.07) is 23.2. The molecule has 3 aromatic rings. The highest BCUT2D eigenvalue weighted by Crippen LogP contribution is 2.37. The molecular formula is C19H16BrClN2O. The molecule has 24 heavy (non-hydrogen) atoms. The summed E-state index contributed by atoms with van der Waals surface area (Å²) >= 11 is 9.93. The molecule has 122 valence electrons. The Morgan fingerprint density at radius 2 is 1.54 bits per heavy atom. The minimum atomic E-state index is 0.540. The highest BCUT2D eigenvalue weighted by molar-refractivity contribution is 9.10. The van der Waals surface area contributed by atoms with Crippen LogP contribution in [0.3, 0.4) is 0 Å². The molecule has 0 aliphatic heterocycles. The summed E-state index contributed by atoms with van der Waals surface area (Å²) in [5.74, 6) is 1.38. The Hall–Kier alpha value is -2.01. The lowest BCUT2D eigenvalue weighted by atomic mass is 10.2. The van der Waals surface area contributed by atoms with Crippen molar-refractivity contribution in [3.8, 4) is 11.5 Å². The highest BCUT2D eigenvalue weighted by atomic mass is 79.9. The van der Waals surface area contributed by atoms with E-state index in [0.717, 1.165) is 21.5 Å². The summed E-state index contributed by atoms with van der Waals surface area (Å²) in [7, 11) is 0. The minimum Gasteiger partial charge on any atom is -0.455 e. The molecule has 3 nitrogen and oxygen atoms in total. The van der Waals surface area contributed by atoms with Crippen LogP contribution in [0.5, 0.6) is 11.5 Å². The fraction of sp³-hybridized carbons (Fsp3) is 0.0526. The standard InChI is InChI=1S/C19H16BrClN2O/c20-17-11-12-18(21)19(24-15-9-5-2-6-10-15)16(17)13-22-23-14-7-3-1-4-8-14/h1-12,22-23H,13H2. The number of para-hydroxylation sites is 2. The molecule has 5 heteroatoms. The van der Waals surface area contributed by atoms with Crippen molar-refractivity contribution in [3.05, 3.63) is 87.9 Å². The maximum absolute atomic E-state index is 6.35. The van der Waals surface area contributed by atoms with Gasteiger partial charge in [0, 0.05) is 22.3 Å². The van der Waals surface area contributed by atoms with E-state index in [2.05, 4.69) is 26.8 Å². The van der Waals surface area contributed by atoms with Crippen LogP contribution in [0.4, 0.5) is 5.69 Å². The first-order valence-electron chi connectivity index (χ1n) is 7.48. The van der Waals surface area contributed by atoms with Crippen molar-refractivity contribution in [2.45, 2.75) is 6.54 Å². The Labute approximate surface area is 154 Å². The predicted molar refractivity (Wildman–Crippen MR) is 103 cm³/mol. The Morgan fingerprint density at radius 1 is 0.875 bits per heavy atom. The molecule has 0 heterocycles. The second-order valence-electron chi connectivity index (χ2n) is 5.10. The Morgan fingerprint density at radius 3 is 2.25 bits per heavy atom. The zero-order valence-corrected chi connectivity index (χ0v) is 15.1. The third-order valence-electron chi connectivity index (χ3n) is 3.39. The summed E-state index contributed by atoms with van der Waals surface area (Å²) in [5, 5.41) is 0.568. The van der Waals surface area contributed by atoms with Crippen molar-refractivity contribution in [1.29, 1.82) is 0 Å². The van der Waals surface area contributed by atoms with E-state index in [1.807, 2.05) is 72.8 Å². The maximum atomic E-state index is 6.35. The van der Waals surface area contributed by atoms with Gasteiger partial charge in [0.25, 0.3) is 0 Å². The number of hydrogen-bond acceptors (Lipinski definition) is 3. The predicted octanol–water partition coefficient (Wildman–Crippen LogP) is 6.01. The fourth-order valence-electron chi connectivity index (χ4n) is 2.21. The number of halogens is 2. The van der Waals surface area contributed by atoms with Crippen LogP contribution in [0.15, 0.2) is 77.3 Å². The zero-order valence-electron chi connectivity index (χ0n) is 12.8. The van der Waals surface area contributed by atoms with E-state index in [4.69, 9.17) is 16.3 Å². The van der Waals surface area contributed by atoms with Gasteiger partial charge in [0.2, 0.25) is 0 Å². The molecule has 0 amide bonds. The Bertz CT molecular complexity index is 797. The first-order chi connectivity index (χ1) is 11.7. The maximum Gasteiger partial charge on any atom is 0.151 e. The number of ether oxygens (including phenoxy) is 1. The van der Waals surface area contributed by atoms with Gasteiger partial charge in [-0.1, -0.05) is 63.9 Å². The molecule has 3 aromatic carbocycles. The van der Waals surface area contributed by atoms with Crippen molar-refractivity contribution in [2.24, 2.45) is 0 Å². The van der Waals surface area contributed by atoms with Crippen molar-refractivity contribution in [1.82, 2.24) is 5.43 Å². The molecular weight excluding hydrogens is 388 g/mol. The quantitative estimate of drug-likeness (QED) is 0.494. The highest BCUT2D eigenvalue weighted by Gasteiger charge is 2.13. The van der Waals surface area contributed by atoms with Crippen LogP contribution in [0, 0.1) is 0 Å². The third-order valence-corrected chi connectivity index (χ3v) is 4.43. The van der Waals surface area contributed by atoms with Crippen LogP contribution in [-0.2, 0) is 6.54 Å². The molecule has 0 aliphatic rings. The van der Waals surface area contributed by atoms with Gasteiger partial charge in [-0.3, -0.25) is 0 Å². The molecule has 0 aliphatic carbocycles. The number of benzene rings is 3. The fourth-order valence-corrected chi connectivity index (χ4v) is 2.88. The second kappa shape index (κ2) is 8.20. The van der Waals surface area contributed by atoms with Crippen LogP contribution in [0.1, 0.15) is 5.56 Å². The van der Waals surface area contributed by atoms with Gasteiger partial charge in [-0.2, -0.15) is 0 Å². The van der Waals surface area contributed by atoms with Crippen LogP contribution >= 0.6 is 27.5 Å². The molecule has 0 bridgehead atoms. The van der Waals surface area contributed by atoms with E-state index in [1.165, 1.54) is 0 Å². The molecule has 0 atom stereocenters. The van der Waals surface area contributed by atoms with Crippen molar-refractivity contribution in [3.63, 3.8) is 0 Å². The molecule has 0 aromatic heterocycles. The topological polar surface area (TPSA) is 33.3 Å². The average Bonchev–Trinajstić information content (AvgIpc) is 2.62. The summed E-state index contributed by atoms with van der Waals surface area (Å²) < 4.78 is 6.92. The van der Waals surface area contributed by atoms with E-state index in [0.29, 0.717) is 17.3 Å². The van der Waals surface area contributed by atoms with Gasteiger partial charge >= 0.3 is 0 Å². The molecule has 2 N–H and O–H groups in total.